The number of rotatable bonds is 4. The van der Waals surface area contributed by atoms with Gasteiger partial charge in [0, 0.05) is 5.56 Å². The van der Waals surface area contributed by atoms with E-state index in [1.54, 1.807) is 6.07 Å². The molecular weight excluding hydrogens is 288 g/mol. The Hall–Kier alpha value is -2.18. The predicted octanol–water partition coefficient (Wildman–Crippen LogP) is 2.36. The highest BCUT2D eigenvalue weighted by Crippen LogP contribution is 2.24. The van der Waals surface area contributed by atoms with Gasteiger partial charge in [0.25, 0.3) is 5.56 Å². The van der Waals surface area contributed by atoms with Crippen LogP contribution in [-0.4, -0.2) is 15.1 Å². The fourth-order valence-corrected chi connectivity index (χ4v) is 2.90. The number of nitrogens with one attached hydrogen (secondary N) is 1. The van der Waals surface area contributed by atoms with E-state index in [1.807, 2.05) is 30.5 Å². The van der Waals surface area contributed by atoms with Crippen molar-refractivity contribution in [2.24, 2.45) is 0 Å². The topological polar surface area (TPSA) is 75.2 Å². The van der Waals surface area contributed by atoms with Crippen LogP contribution in [0.1, 0.15) is 17.0 Å². The van der Waals surface area contributed by atoms with E-state index in [0.717, 1.165) is 5.56 Å². The molecule has 0 bridgehead atoms. The minimum Gasteiger partial charge on any atom is -0.485 e. The third kappa shape index (κ3) is 2.68. The van der Waals surface area contributed by atoms with Crippen LogP contribution in [0.25, 0.3) is 10.2 Å². The molecule has 0 aliphatic carbocycles. The first kappa shape index (κ1) is 13.8. The Morgan fingerprint density at radius 1 is 1.38 bits per heavy atom. The molecule has 21 heavy (non-hydrogen) atoms. The first-order valence-electron chi connectivity index (χ1n) is 6.47. The number of aryl methyl sites for hydroxylation is 1. The normalized spacial score (nSPS) is 11.0. The molecule has 0 spiro atoms. The molecule has 0 radical (unpaired) electrons. The standard InChI is InChI=1S/C15H14N2O3S/c1-9-3-2-4-10(7-18)13(9)20-8-12-16-11-5-6-21-14(11)15(19)17-12/h2-6,18H,7-8H2,1H3,(H,16,17,19). The van der Waals surface area contributed by atoms with Crippen molar-refractivity contribution < 1.29 is 9.84 Å². The number of thiophene rings is 1. The Morgan fingerprint density at radius 2 is 2.24 bits per heavy atom. The van der Waals surface area contributed by atoms with Crippen LogP contribution in [0.2, 0.25) is 0 Å². The van der Waals surface area contributed by atoms with Gasteiger partial charge in [-0.05, 0) is 23.9 Å². The summed E-state index contributed by atoms with van der Waals surface area (Å²) in [6.07, 6.45) is 0. The Kier molecular flexibility index (Phi) is 3.72. The Balaban J connectivity index is 1.88. The van der Waals surface area contributed by atoms with Crippen molar-refractivity contribution in [3.63, 3.8) is 0 Å². The number of para-hydroxylation sites is 1. The van der Waals surface area contributed by atoms with Crippen molar-refractivity contribution >= 4 is 21.6 Å². The Labute approximate surface area is 124 Å². The molecule has 0 aliphatic heterocycles. The van der Waals surface area contributed by atoms with Gasteiger partial charge in [-0.3, -0.25) is 4.79 Å². The highest BCUT2D eigenvalue weighted by Gasteiger charge is 2.09. The zero-order valence-corrected chi connectivity index (χ0v) is 12.2. The number of H-pyrrole nitrogens is 1. The second kappa shape index (κ2) is 5.67. The van der Waals surface area contributed by atoms with Gasteiger partial charge in [0.15, 0.2) is 0 Å². The molecule has 0 atom stereocenters. The number of aromatic nitrogens is 2. The molecule has 3 aromatic rings. The lowest BCUT2D eigenvalue weighted by Gasteiger charge is -2.12. The number of fused-ring (bicyclic) bond motifs is 1. The number of benzene rings is 1. The molecule has 0 saturated carbocycles. The third-order valence-electron chi connectivity index (χ3n) is 3.18. The van der Waals surface area contributed by atoms with Crippen LogP contribution in [0, 0.1) is 6.92 Å². The Bertz CT molecular complexity index is 838. The fourth-order valence-electron chi connectivity index (χ4n) is 2.17. The van der Waals surface area contributed by atoms with Crippen molar-refractivity contribution in [2.75, 3.05) is 0 Å². The van der Waals surface area contributed by atoms with Crippen molar-refractivity contribution in [3.05, 3.63) is 57.0 Å². The minimum atomic E-state index is -0.152. The van der Waals surface area contributed by atoms with E-state index < -0.39 is 0 Å². The van der Waals surface area contributed by atoms with Crippen LogP contribution in [0.15, 0.2) is 34.4 Å². The van der Waals surface area contributed by atoms with Gasteiger partial charge in [0.05, 0.1) is 12.1 Å². The van der Waals surface area contributed by atoms with E-state index in [9.17, 15) is 9.90 Å². The van der Waals surface area contributed by atoms with E-state index in [4.69, 9.17) is 4.74 Å². The van der Waals surface area contributed by atoms with Gasteiger partial charge in [-0.1, -0.05) is 18.2 Å². The quantitative estimate of drug-likeness (QED) is 0.776. The van der Waals surface area contributed by atoms with Crippen LogP contribution in [0.3, 0.4) is 0 Å². The summed E-state index contributed by atoms with van der Waals surface area (Å²) in [5, 5.41) is 11.2. The average Bonchev–Trinajstić information content (AvgIpc) is 2.94. The first-order chi connectivity index (χ1) is 10.2. The molecule has 2 N–H and O–H groups in total. The second-order valence-electron chi connectivity index (χ2n) is 4.66. The smallest absolute Gasteiger partial charge is 0.268 e. The van der Waals surface area contributed by atoms with Gasteiger partial charge >= 0.3 is 0 Å². The summed E-state index contributed by atoms with van der Waals surface area (Å²) in [4.78, 5) is 19.0. The van der Waals surface area contributed by atoms with E-state index >= 15 is 0 Å². The SMILES string of the molecule is Cc1cccc(CO)c1OCc1nc2ccsc2c(=O)[nH]1. The molecule has 0 unspecified atom stereocenters. The summed E-state index contributed by atoms with van der Waals surface area (Å²) in [5.41, 5.74) is 2.17. The first-order valence-corrected chi connectivity index (χ1v) is 7.35. The van der Waals surface area contributed by atoms with E-state index in [2.05, 4.69) is 9.97 Å². The molecule has 0 fully saturated rings. The predicted molar refractivity (Wildman–Crippen MR) is 81.7 cm³/mol. The lowest BCUT2D eigenvalue weighted by atomic mass is 10.1. The van der Waals surface area contributed by atoms with Gasteiger partial charge in [-0.15, -0.1) is 11.3 Å². The summed E-state index contributed by atoms with van der Waals surface area (Å²) < 4.78 is 6.35. The van der Waals surface area contributed by atoms with Gasteiger partial charge in [0.2, 0.25) is 0 Å². The number of nitrogens with zero attached hydrogens (tertiary/aromatic N) is 1. The maximum absolute atomic E-state index is 11.9. The molecule has 5 nitrogen and oxygen atoms in total. The fraction of sp³-hybridized carbons (Fsp3) is 0.200. The van der Waals surface area contributed by atoms with E-state index in [0.29, 0.717) is 27.4 Å². The summed E-state index contributed by atoms with van der Waals surface area (Å²) >= 11 is 1.37. The summed E-state index contributed by atoms with van der Waals surface area (Å²) in [5.74, 6) is 1.10. The van der Waals surface area contributed by atoms with Crippen molar-refractivity contribution in [3.8, 4) is 5.75 Å². The Morgan fingerprint density at radius 3 is 3.05 bits per heavy atom. The molecule has 3 rings (SSSR count). The molecule has 108 valence electrons. The van der Waals surface area contributed by atoms with Crippen LogP contribution in [0.4, 0.5) is 0 Å². The van der Waals surface area contributed by atoms with E-state index in [-0.39, 0.29) is 18.8 Å². The molecule has 0 saturated heterocycles. The third-order valence-corrected chi connectivity index (χ3v) is 4.08. The van der Waals surface area contributed by atoms with Crippen LogP contribution in [-0.2, 0) is 13.2 Å². The number of aliphatic hydroxyl groups excluding tert-OH is 1. The monoisotopic (exact) mass is 302 g/mol. The molecular formula is C15H14N2O3S. The maximum atomic E-state index is 11.9. The number of hydrogen-bond acceptors (Lipinski definition) is 5. The number of aromatic amines is 1. The van der Waals surface area contributed by atoms with Gasteiger partial charge in [-0.25, -0.2) is 4.98 Å². The zero-order chi connectivity index (χ0) is 14.8. The highest BCUT2D eigenvalue weighted by atomic mass is 32.1. The zero-order valence-electron chi connectivity index (χ0n) is 11.4. The molecule has 2 aromatic heterocycles. The lowest BCUT2D eigenvalue weighted by Crippen LogP contribution is -2.13. The molecule has 0 amide bonds. The molecule has 0 aliphatic rings. The molecule has 6 heteroatoms. The van der Waals surface area contributed by atoms with Gasteiger partial charge in [0.1, 0.15) is 22.9 Å². The number of ether oxygens (including phenoxy) is 1. The van der Waals surface area contributed by atoms with Crippen molar-refractivity contribution in [2.45, 2.75) is 20.1 Å². The van der Waals surface area contributed by atoms with Crippen LogP contribution in [0.5, 0.6) is 5.75 Å². The maximum Gasteiger partial charge on any atom is 0.268 e. The molecule has 2 heterocycles. The summed E-state index contributed by atoms with van der Waals surface area (Å²) in [6.45, 7) is 1.97. The average molecular weight is 302 g/mol. The van der Waals surface area contributed by atoms with Crippen LogP contribution < -0.4 is 10.3 Å². The summed E-state index contributed by atoms with van der Waals surface area (Å²) in [6, 6.07) is 7.39. The van der Waals surface area contributed by atoms with E-state index in [1.165, 1.54) is 11.3 Å². The minimum absolute atomic E-state index is 0.0927. The summed E-state index contributed by atoms with van der Waals surface area (Å²) in [7, 11) is 0. The second-order valence-corrected chi connectivity index (χ2v) is 5.57. The lowest BCUT2D eigenvalue weighted by molar-refractivity contribution is 0.254. The van der Waals surface area contributed by atoms with Crippen LogP contribution >= 0.6 is 11.3 Å². The number of aliphatic hydroxyl groups is 1. The van der Waals surface area contributed by atoms with Gasteiger partial charge < -0.3 is 14.8 Å². The highest BCUT2D eigenvalue weighted by molar-refractivity contribution is 7.17. The van der Waals surface area contributed by atoms with Crippen molar-refractivity contribution in [1.29, 1.82) is 0 Å². The van der Waals surface area contributed by atoms with Crippen molar-refractivity contribution in [1.82, 2.24) is 9.97 Å². The molecule has 1 aromatic carbocycles. The van der Waals surface area contributed by atoms with Gasteiger partial charge in [-0.2, -0.15) is 0 Å². The number of hydrogen-bond donors (Lipinski definition) is 2. The largest absolute Gasteiger partial charge is 0.485 e.